The summed E-state index contributed by atoms with van der Waals surface area (Å²) in [5, 5.41) is 12.4. The van der Waals surface area contributed by atoms with Crippen molar-refractivity contribution in [2.75, 3.05) is 26.2 Å². The minimum absolute atomic E-state index is 0.0514. The maximum absolute atomic E-state index is 13.4. The van der Waals surface area contributed by atoms with E-state index in [4.69, 9.17) is 0 Å². The number of hydrogen-bond donors (Lipinski definition) is 2. The van der Waals surface area contributed by atoms with Gasteiger partial charge < -0.3 is 10.4 Å². The van der Waals surface area contributed by atoms with Gasteiger partial charge in [-0.25, -0.2) is 0 Å². The maximum atomic E-state index is 13.4. The highest BCUT2D eigenvalue weighted by molar-refractivity contribution is 5.84. The summed E-state index contributed by atoms with van der Waals surface area (Å²) < 4.78 is 79.5. The van der Waals surface area contributed by atoms with Crippen molar-refractivity contribution in [3.8, 4) is 5.75 Å². The number of nitrogens with one attached hydrogen (secondary N) is 1. The van der Waals surface area contributed by atoms with Gasteiger partial charge in [-0.05, 0) is 48.3 Å². The fourth-order valence-electron chi connectivity index (χ4n) is 5.46. The number of phenols is 1. The Hall–Kier alpha value is -2.79. The normalized spacial score (nSPS) is 22.6. The summed E-state index contributed by atoms with van der Waals surface area (Å²) in [4.78, 5) is 17.7. The van der Waals surface area contributed by atoms with Crippen molar-refractivity contribution < 1.29 is 36.2 Å². The predicted octanol–water partition coefficient (Wildman–Crippen LogP) is 5.76. The van der Waals surface area contributed by atoms with E-state index < -0.39 is 41.9 Å². The highest BCUT2D eigenvalue weighted by Crippen LogP contribution is 2.39. The summed E-state index contributed by atoms with van der Waals surface area (Å²) >= 11 is 0. The number of benzene rings is 1. The number of nitrogens with zero attached hydrogens (tertiary/aromatic N) is 2. The Balaban J connectivity index is 1.53. The lowest BCUT2D eigenvalue weighted by atomic mass is 9.93. The van der Waals surface area contributed by atoms with Crippen LogP contribution in [0.4, 0.5) is 26.3 Å². The van der Waals surface area contributed by atoms with Gasteiger partial charge in [0.15, 0.2) is 0 Å². The number of hydrogen-bond acceptors (Lipinski definition) is 4. The number of piperazine rings is 1. The Morgan fingerprint density at radius 3 is 2.26 bits per heavy atom. The van der Waals surface area contributed by atoms with Crippen molar-refractivity contribution in [2.24, 2.45) is 0 Å². The third-order valence-electron chi connectivity index (χ3n) is 7.40. The van der Waals surface area contributed by atoms with Crippen molar-refractivity contribution in [1.29, 1.82) is 0 Å². The Morgan fingerprint density at radius 2 is 1.66 bits per heavy atom. The molecule has 0 radical (unpaired) electrons. The maximum Gasteiger partial charge on any atom is 0.416 e. The van der Waals surface area contributed by atoms with Crippen LogP contribution in [-0.2, 0) is 4.79 Å². The molecule has 2 aliphatic carbocycles. The number of carbonyl (C=O) groups excluding carboxylic acids is 1. The summed E-state index contributed by atoms with van der Waals surface area (Å²) in [6, 6.07) is 5.79. The smallest absolute Gasteiger partial charge is 0.416 e. The van der Waals surface area contributed by atoms with Gasteiger partial charge in [-0.2, -0.15) is 26.3 Å². The molecule has 2 N–H and O–H groups in total. The summed E-state index contributed by atoms with van der Waals surface area (Å²) in [6.45, 7) is 2.59. The van der Waals surface area contributed by atoms with Crippen molar-refractivity contribution in [3.05, 3.63) is 64.9 Å². The van der Waals surface area contributed by atoms with E-state index in [0.29, 0.717) is 30.8 Å². The van der Waals surface area contributed by atoms with Crippen LogP contribution in [0.2, 0.25) is 0 Å². The number of rotatable bonds is 5. The first-order valence-electron chi connectivity index (χ1n) is 12.7. The van der Waals surface area contributed by atoms with Crippen molar-refractivity contribution in [3.63, 3.8) is 0 Å². The van der Waals surface area contributed by atoms with Crippen LogP contribution in [-0.4, -0.2) is 65.4 Å². The lowest BCUT2D eigenvalue weighted by molar-refractivity contribution is -0.126. The zero-order valence-corrected chi connectivity index (χ0v) is 20.8. The molecule has 0 bridgehead atoms. The molecule has 11 heteroatoms. The molecule has 2 fully saturated rings. The molecule has 1 saturated carbocycles. The lowest BCUT2D eigenvalue weighted by Gasteiger charge is -2.43. The van der Waals surface area contributed by atoms with Gasteiger partial charge in [-0.15, -0.1) is 0 Å². The van der Waals surface area contributed by atoms with Crippen LogP contribution in [0, 0.1) is 0 Å². The third kappa shape index (κ3) is 6.99. The van der Waals surface area contributed by atoms with E-state index in [1.54, 1.807) is 12.1 Å². The van der Waals surface area contributed by atoms with Gasteiger partial charge in [0.2, 0.25) is 5.91 Å². The quantitative estimate of drug-likeness (QED) is 0.464. The second-order valence-corrected chi connectivity index (χ2v) is 10.0. The molecule has 3 aliphatic rings. The SMILES string of the molecule is O=C(N/C=C1/C=C(C(F)(F)F)C=C(C(F)(F)F)C1)C(c1cccc(O)c1)N1CCN(C2CCCCC2)CC1. The van der Waals surface area contributed by atoms with Crippen molar-refractivity contribution >= 4 is 5.91 Å². The molecule has 0 aromatic heterocycles. The molecule has 0 spiro atoms. The molecule has 1 aliphatic heterocycles. The first kappa shape index (κ1) is 28.2. The number of halogens is 6. The molecule has 38 heavy (non-hydrogen) atoms. The first-order valence-corrected chi connectivity index (χ1v) is 12.7. The Labute approximate surface area is 217 Å². The Kier molecular flexibility index (Phi) is 8.56. The van der Waals surface area contributed by atoms with Crippen LogP contribution in [0.3, 0.4) is 0 Å². The van der Waals surface area contributed by atoms with Crippen LogP contribution in [0.15, 0.2) is 59.3 Å². The summed E-state index contributed by atoms with van der Waals surface area (Å²) in [5.41, 5.74) is -2.59. The fourth-order valence-corrected chi connectivity index (χ4v) is 5.46. The number of amides is 1. The van der Waals surface area contributed by atoms with E-state index in [2.05, 4.69) is 10.2 Å². The van der Waals surface area contributed by atoms with Gasteiger partial charge in [0, 0.05) is 50.4 Å². The number of allylic oxidation sites excluding steroid dienone is 5. The van der Waals surface area contributed by atoms with E-state index in [9.17, 15) is 36.2 Å². The van der Waals surface area contributed by atoms with E-state index in [-0.39, 0.29) is 17.4 Å². The zero-order valence-electron chi connectivity index (χ0n) is 20.8. The summed E-state index contributed by atoms with van der Waals surface area (Å²) in [6.07, 6.45) is -3.14. The minimum atomic E-state index is -4.97. The van der Waals surface area contributed by atoms with Gasteiger partial charge >= 0.3 is 12.4 Å². The van der Waals surface area contributed by atoms with Crippen molar-refractivity contribution in [1.82, 2.24) is 15.1 Å². The molecule has 1 aromatic carbocycles. The molecular formula is C27H31F6N3O2. The van der Waals surface area contributed by atoms with Gasteiger partial charge in [0.1, 0.15) is 11.8 Å². The Bertz CT molecular complexity index is 1090. The molecule has 1 saturated heterocycles. The van der Waals surface area contributed by atoms with Gasteiger partial charge in [0.25, 0.3) is 0 Å². The summed E-state index contributed by atoms with van der Waals surface area (Å²) in [7, 11) is 0. The van der Waals surface area contributed by atoms with Crippen LogP contribution < -0.4 is 5.32 Å². The zero-order chi connectivity index (χ0) is 27.5. The average molecular weight is 544 g/mol. The summed E-state index contributed by atoms with van der Waals surface area (Å²) in [5.74, 6) is -0.649. The van der Waals surface area contributed by atoms with E-state index >= 15 is 0 Å². The molecule has 1 atom stereocenters. The van der Waals surface area contributed by atoms with Gasteiger partial charge in [-0.3, -0.25) is 14.6 Å². The minimum Gasteiger partial charge on any atom is -0.508 e. The molecule has 1 amide bonds. The third-order valence-corrected chi connectivity index (χ3v) is 7.40. The largest absolute Gasteiger partial charge is 0.508 e. The Morgan fingerprint density at radius 1 is 0.974 bits per heavy atom. The first-order chi connectivity index (χ1) is 17.9. The molecule has 5 nitrogen and oxygen atoms in total. The lowest BCUT2D eigenvalue weighted by Crippen LogP contribution is -2.53. The average Bonchev–Trinajstić information content (AvgIpc) is 2.87. The number of alkyl halides is 6. The highest BCUT2D eigenvalue weighted by atomic mass is 19.4. The topological polar surface area (TPSA) is 55.8 Å². The van der Waals surface area contributed by atoms with E-state index in [1.165, 1.54) is 31.4 Å². The van der Waals surface area contributed by atoms with Crippen LogP contribution >= 0.6 is 0 Å². The molecule has 1 heterocycles. The highest BCUT2D eigenvalue weighted by Gasteiger charge is 2.41. The van der Waals surface area contributed by atoms with Gasteiger partial charge in [-0.1, -0.05) is 31.4 Å². The molecule has 1 unspecified atom stereocenters. The molecule has 1 aromatic rings. The molecular weight excluding hydrogens is 512 g/mol. The second kappa shape index (κ2) is 11.5. The van der Waals surface area contributed by atoms with Crippen LogP contribution in [0.25, 0.3) is 0 Å². The monoisotopic (exact) mass is 543 g/mol. The fraction of sp³-hybridized carbons (Fsp3) is 0.519. The van der Waals surface area contributed by atoms with E-state index in [1.807, 2.05) is 4.90 Å². The van der Waals surface area contributed by atoms with Crippen molar-refractivity contribution in [2.45, 2.75) is 63.0 Å². The van der Waals surface area contributed by atoms with Crippen LogP contribution in [0.5, 0.6) is 5.75 Å². The predicted molar refractivity (Wildman–Crippen MR) is 130 cm³/mol. The number of aromatic hydroxyl groups is 1. The number of phenolic OH excluding ortho intramolecular Hbond substituents is 1. The van der Waals surface area contributed by atoms with Gasteiger partial charge in [0.05, 0.1) is 5.57 Å². The molecule has 208 valence electrons. The van der Waals surface area contributed by atoms with E-state index in [0.717, 1.165) is 32.1 Å². The second-order valence-electron chi connectivity index (χ2n) is 10.0. The number of carbonyl (C=O) groups is 1. The van der Waals surface area contributed by atoms with Crippen LogP contribution in [0.1, 0.15) is 50.1 Å². The standard InChI is InChI=1S/C27H31F6N3O2/c28-26(29,30)20-13-18(14-21(16-20)27(31,32)33)17-34-25(38)24(19-5-4-8-23(37)15-19)36-11-9-35(10-12-36)22-6-2-1-3-7-22/h4-5,8,13,15-17,22,24,37H,1-3,6-7,9-12,14H2,(H,34,38)/b18-17-. The molecule has 4 rings (SSSR count).